The SMILES string of the molecule is O=C(O)c1ccccc1CC1=Cc2ccccc2OC1. The molecule has 3 rings (SSSR count). The van der Waals surface area contributed by atoms with Crippen LogP contribution >= 0.6 is 0 Å². The summed E-state index contributed by atoms with van der Waals surface area (Å²) in [6, 6.07) is 14.9. The number of carbonyl (C=O) groups is 1. The highest BCUT2D eigenvalue weighted by atomic mass is 16.5. The van der Waals surface area contributed by atoms with E-state index in [0.717, 1.165) is 22.4 Å². The van der Waals surface area contributed by atoms with Gasteiger partial charge in [-0.2, -0.15) is 0 Å². The van der Waals surface area contributed by atoms with Gasteiger partial charge in [-0.1, -0.05) is 36.4 Å². The highest BCUT2D eigenvalue weighted by Crippen LogP contribution is 2.27. The van der Waals surface area contributed by atoms with E-state index in [1.165, 1.54) is 0 Å². The molecular formula is C17H14O3. The van der Waals surface area contributed by atoms with Crippen LogP contribution in [0.2, 0.25) is 0 Å². The van der Waals surface area contributed by atoms with Gasteiger partial charge in [0.15, 0.2) is 0 Å². The Balaban J connectivity index is 1.90. The predicted octanol–water partition coefficient (Wildman–Crippen LogP) is 3.40. The van der Waals surface area contributed by atoms with E-state index in [1.54, 1.807) is 12.1 Å². The van der Waals surface area contributed by atoms with Gasteiger partial charge in [0, 0.05) is 5.56 Å². The molecule has 0 radical (unpaired) electrons. The van der Waals surface area contributed by atoms with Crippen molar-refractivity contribution in [2.75, 3.05) is 6.61 Å². The average Bonchev–Trinajstić information content (AvgIpc) is 2.47. The van der Waals surface area contributed by atoms with E-state index < -0.39 is 5.97 Å². The maximum Gasteiger partial charge on any atom is 0.335 e. The minimum absolute atomic E-state index is 0.354. The van der Waals surface area contributed by atoms with Crippen LogP contribution in [0.25, 0.3) is 6.08 Å². The molecule has 0 aromatic heterocycles. The molecule has 0 spiro atoms. The summed E-state index contributed by atoms with van der Waals surface area (Å²) in [5.41, 5.74) is 3.29. The van der Waals surface area contributed by atoms with Gasteiger partial charge in [-0.05, 0) is 35.8 Å². The largest absolute Gasteiger partial charge is 0.489 e. The second kappa shape index (κ2) is 5.21. The summed E-state index contributed by atoms with van der Waals surface area (Å²) in [5.74, 6) is -0.0129. The zero-order valence-electron chi connectivity index (χ0n) is 10.9. The normalized spacial score (nSPS) is 13.1. The molecule has 1 aliphatic heterocycles. The number of para-hydroxylation sites is 1. The van der Waals surface area contributed by atoms with Crippen molar-refractivity contribution in [2.24, 2.45) is 0 Å². The van der Waals surface area contributed by atoms with Crippen molar-refractivity contribution in [1.29, 1.82) is 0 Å². The minimum Gasteiger partial charge on any atom is -0.489 e. The van der Waals surface area contributed by atoms with Crippen LogP contribution in [0.5, 0.6) is 5.75 Å². The molecule has 0 fully saturated rings. The number of carboxylic acids is 1. The Bertz CT molecular complexity index is 686. The molecule has 2 aromatic carbocycles. The van der Waals surface area contributed by atoms with Crippen LogP contribution in [-0.4, -0.2) is 17.7 Å². The van der Waals surface area contributed by atoms with Crippen LogP contribution < -0.4 is 4.74 Å². The number of ether oxygens (including phenoxy) is 1. The van der Waals surface area contributed by atoms with Gasteiger partial charge in [0.1, 0.15) is 12.4 Å². The Hall–Kier alpha value is -2.55. The first-order chi connectivity index (χ1) is 9.74. The number of fused-ring (bicyclic) bond motifs is 1. The van der Waals surface area contributed by atoms with Crippen molar-refractivity contribution in [3.05, 3.63) is 70.8 Å². The Morgan fingerprint density at radius 3 is 2.70 bits per heavy atom. The Morgan fingerprint density at radius 2 is 1.85 bits per heavy atom. The number of hydrogen-bond donors (Lipinski definition) is 1. The lowest BCUT2D eigenvalue weighted by molar-refractivity contribution is 0.0696. The van der Waals surface area contributed by atoms with E-state index in [0.29, 0.717) is 18.6 Å². The summed E-state index contributed by atoms with van der Waals surface area (Å²) < 4.78 is 5.69. The van der Waals surface area contributed by atoms with Gasteiger partial charge < -0.3 is 9.84 Å². The summed E-state index contributed by atoms with van der Waals surface area (Å²) in [4.78, 5) is 11.2. The first-order valence-corrected chi connectivity index (χ1v) is 6.46. The molecule has 0 saturated heterocycles. The van der Waals surface area contributed by atoms with Crippen LogP contribution in [0, 0.1) is 0 Å². The molecule has 0 unspecified atom stereocenters. The standard InChI is InChI=1S/C17H14O3/c18-17(19)15-7-3-1-5-13(15)9-12-10-14-6-2-4-8-16(14)20-11-12/h1-8,10H,9,11H2,(H,18,19). The first kappa shape index (κ1) is 12.5. The van der Waals surface area contributed by atoms with E-state index >= 15 is 0 Å². The van der Waals surface area contributed by atoms with Crippen molar-refractivity contribution in [2.45, 2.75) is 6.42 Å². The first-order valence-electron chi connectivity index (χ1n) is 6.46. The number of aromatic carboxylic acids is 1. The third-order valence-electron chi connectivity index (χ3n) is 3.36. The maximum absolute atomic E-state index is 11.2. The molecule has 0 amide bonds. The summed E-state index contributed by atoms with van der Waals surface area (Å²) in [7, 11) is 0. The van der Waals surface area contributed by atoms with E-state index in [9.17, 15) is 9.90 Å². The second-order valence-corrected chi connectivity index (χ2v) is 4.77. The van der Waals surface area contributed by atoms with Crippen LogP contribution in [0.4, 0.5) is 0 Å². The summed E-state index contributed by atoms with van der Waals surface area (Å²) in [5, 5.41) is 9.20. The van der Waals surface area contributed by atoms with Gasteiger partial charge in [0.25, 0.3) is 0 Å². The zero-order valence-corrected chi connectivity index (χ0v) is 10.9. The molecule has 20 heavy (non-hydrogen) atoms. The molecule has 1 heterocycles. The van der Waals surface area contributed by atoms with Crippen LogP contribution in [0.3, 0.4) is 0 Å². The fraction of sp³-hybridized carbons (Fsp3) is 0.118. The molecule has 0 atom stereocenters. The fourth-order valence-electron chi connectivity index (χ4n) is 2.39. The highest BCUT2D eigenvalue weighted by molar-refractivity contribution is 5.89. The topological polar surface area (TPSA) is 46.5 Å². The third kappa shape index (κ3) is 2.43. The maximum atomic E-state index is 11.2. The molecule has 1 aliphatic rings. The van der Waals surface area contributed by atoms with Crippen molar-refractivity contribution >= 4 is 12.0 Å². The van der Waals surface area contributed by atoms with Gasteiger partial charge in [-0.15, -0.1) is 0 Å². The van der Waals surface area contributed by atoms with Gasteiger partial charge in [0.2, 0.25) is 0 Å². The third-order valence-corrected chi connectivity index (χ3v) is 3.36. The average molecular weight is 266 g/mol. The Morgan fingerprint density at radius 1 is 1.10 bits per heavy atom. The van der Waals surface area contributed by atoms with Crippen molar-refractivity contribution < 1.29 is 14.6 Å². The van der Waals surface area contributed by atoms with Crippen LogP contribution in [0.15, 0.2) is 54.1 Å². The monoisotopic (exact) mass is 266 g/mol. The molecular weight excluding hydrogens is 252 g/mol. The molecule has 3 nitrogen and oxygen atoms in total. The summed E-state index contributed by atoms with van der Waals surface area (Å²) >= 11 is 0. The van der Waals surface area contributed by atoms with Crippen molar-refractivity contribution in [3.8, 4) is 5.75 Å². The molecule has 0 saturated carbocycles. The lowest BCUT2D eigenvalue weighted by Gasteiger charge is -2.18. The highest BCUT2D eigenvalue weighted by Gasteiger charge is 2.14. The fourth-order valence-corrected chi connectivity index (χ4v) is 2.39. The zero-order chi connectivity index (χ0) is 13.9. The molecule has 2 aromatic rings. The summed E-state index contributed by atoms with van der Waals surface area (Å²) in [6.45, 7) is 0.505. The summed E-state index contributed by atoms with van der Waals surface area (Å²) in [6.07, 6.45) is 2.67. The second-order valence-electron chi connectivity index (χ2n) is 4.77. The van der Waals surface area contributed by atoms with Gasteiger partial charge in [0.05, 0.1) is 5.56 Å². The van der Waals surface area contributed by atoms with Gasteiger partial charge in [-0.25, -0.2) is 4.79 Å². The Labute approximate surface area is 117 Å². The number of rotatable bonds is 3. The number of carboxylic acid groups (broad SMARTS) is 1. The molecule has 1 N–H and O–H groups in total. The predicted molar refractivity (Wildman–Crippen MR) is 77.0 cm³/mol. The number of benzene rings is 2. The van der Waals surface area contributed by atoms with E-state index in [2.05, 4.69) is 6.08 Å². The van der Waals surface area contributed by atoms with Gasteiger partial charge in [-0.3, -0.25) is 0 Å². The van der Waals surface area contributed by atoms with E-state index in [4.69, 9.17) is 4.74 Å². The number of hydrogen-bond acceptors (Lipinski definition) is 2. The molecule has 0 bridgehead atoms. The lowest BCUT2D eigenvalue weighted by atomic mass is 9.97. The van der Waals surface area contributed by atoms with Crippen molar-refractivity contribution in [1.82, 2.24) is 0 Å². The van der Waals surface area contributed by atoms with Crippen LogP contribution in [-0.2, 0) is 6.42 Å². The quantitative estimate of drug-likeness (QED) is 0.926. The lowest BCUT2D eigenvalue weighted by Crippen LogP contribution is -2.11. The van der Waals surface area contributed by atoms with E-state index in [-0.39, 0.29) is 0 Å². The van der Waals surface area contributed by atoms with Crippen molar-refractivity contribution in [3.63, 3.8) is 0 Å². The van der Waals surface area contributed by atoms with Gasteiger partial charge >= 0.3 is 5.97 Å². The minimum atomic E-state index is -0.890. The van der Waals surface area contributed by atoms with Crippen LogP contribution in [0.1, 0.15) is 21.5 Å². The van der Waals surface area contributed by atoms with E-state index in [1.807, 2.05) is 36.4 Å². The molecule has 3 heteroatoms. The molecule has 0 aliphatic carbocycles. The Kier molecular flexibility index (Phi) is 3.25. The molecule has 100 valence electrons. The smallest absolute Gasteiger partial charge is 0.335 e.